The summed E-state index contributed by atoms with van der Waals surface area (Å²) in [6.07, 6.45) is 3.39. The fourth-order valence-electron chi connectivity index (χ4n) is 2.96. The molecule has 0 spiro atoms. The lowest BCUT2D eigenvalue weighted by atomic mass is 10.2. The molecule has 1 aliphatic rings. The number of carbonyl (C=O) groups is 1. The number of likely N-dealkylation sites (N-methyl/N-ethyl adjacent to an activating group) is 1. The first-order valence-electron chi connectivity index (χ1n) is 8.46. The summed E-state index contributed by atoms with van der Waals surface area (Å²) in [6.45, 7) is 8.69. The van der Waals surface area contributed by atoms with E-state index in [2.05, 4.69) is 41.2 Å². The number of anilines is 2. The van der Waals surface area contributed by atoms with Crippen LogP contribution in [0.25, 0.3) is 0 Å². The SMILES string of the molecule is CCN1CCN(C(=O)c2cncc(Nc3cccc(C)c3)c2)CC1. The summed E-state index contributed by atoms with van der Waals surface area (Å²) in [4.78, 5) is 21.2. The minimum Gasteiger partial charge on any atom is -0.354 e. The van der Waals surface area contributed by atoms with E-state index in [1.165, 1.54) is 5.56 Å². The van der Waals surface area contributed by atoms with Crippen molar-refractivity contribution in [2.75, 3.05) is 38.0 Å². The predicted octanol–water partition coefficient (Wildman–Crippen LogP) is 2.91. The largest absolute Gasteiger partial charge is 0.354 e. The third-order valence-electron chi connectivity index (χ3n) is 4.40. The second-order valence-corrected chi connectivity index (χ2v) is 6.18. The van der Waals surface area contributed by atoms with Crippen LogP contribution in [0.3, 0.4) is 0 Å². The summed E-state index contributed by atoms with van der Waals surface area (Å²) in [5, 5.41) is 3.32. The Morgan fingerprint density at radius 3 is 2.62 bits per heavy atom. The smallest absolute Gasteiger partial charge is 0.255 e. The molecule has 1 saturated heterocycles. The average molecular weight is 324 g/mol. The van der Waals surface area contributed by atoms with Crippen molar-refractivity contribution in [2.45, 2.75) is 13.8 Å². The maximum absolute atomic E-state index is 12.7. The van der Waals surface area contributed by atoms with E-state index in [1.54, 1.807) is 12.4 Å². The number of rotatable bonds is 4. The van der Waals surface area contributed by atoms with Crippen molar-refractivity contribution in [2.24, 2.45) is 0 Å². The summed E-state index contributed by atoms with van der Waals surface area (Å²) in [5.41, 5.74) is 3.66. The van der Waals surface area contributed by atoms with Crippen LogP contribution in [0.2, 0.25) is 0 Å². The zero-order valence-corrected chi connectivity index (χ0v) is 14.3. The number of amides is 1. The van der Waals surface area contributed by atoms with Gasteiger partial charge in [0.15, 0.2) is 0 Å². The van der Waals surface area contributed by atoms with Gasteiger partial charge in [-0.2, -0.15) is 0 Å². The summed E-state index contributed by atoms with van der Waals surface area (Å²) >= 11 is 0. The van der Waals surface area contributed by atoms with Crippen LogP contribution in [0, 0.1) is 6.92 Å². The second-order valence-electron chi connectivity index (χ2n) is 6.18. The number of nitrogens with one attached hydrogen (secondary N) is 1. The number of carbonyl (C=O) groups excluding carboxylic acids is 1. The van der Waals surface area contributed by atoms with Gasteiger partial charge in [-0.3, -0.25) is 9.78 Å². The van der Waals surface area contributed by atoms with Gasteiger partial charge in [-0.1, -0.05) is 19.1 Å². The molecule has 1 aromatic carbocycles. The minimum atomic E-state index is 0.0612. The molecular weight excluding hydrogens is 300 g/mol. The number of benzene rings is 1. The molecule has 0 aliphatic carbocycles. The number of aryl methyl sites for hydroxylation is 1. The molecule has 1 amide bonds. The fourth-order valence-corrected chi connectivity index (χ4v) is 2.96. The highest BCUT2D eigenvalue weighted by molar-refractivity contribution is 5.95. The van der Waals surface area contributed by atoms with Crippen molar-refractivity contribution in [1.29, 1.82) is 0 Å². The number of pyridine rings is 1. The molecule has 24 heavy (non-hydrogen) atoms. The molecule has 5 nitrogen and oxygen atoms in total. The molecule has 2 aromatic rings. The first-order valence-corrected chi connectivity index (χ1v) is 8.46. The van der Waals surface area contributed by atoms with E-state index >= 15 is 0 Å². The van der Waals surface area contributed by atoms with Crippen LogP contribution in [0.5, 0.6) is 0 Å². The van der Waals surface area contributed by atoms with Gasteiger partial charge in [0.2, 0.25) is 0 Å². The number of nitrogens with zero attached hydrogens (tertiary/aromatic N) is 3. The van der Waals surface area contributed by atoms with Gasteiger partial charge in [-0.15, -0.1) is 0 Å². The van der Waals surface area contributed by atoms with Crippen molar-refractivity contribution >= 4 is 17.3 Å². The first kappa shape index (κ1) is 16.5. The van der Waals surface area contributed by atoms with Crippen molar-refractivity contribution in [3.8, 4) is 0 Å². The molecule has 0 bridgehead atoms. The molecule has 3 rings (SSSR count). The van der Waals surface area contributed by atoms with Crippen molar-refractivity contribution in [1.82, 2.24) is 14.8 Å². The maximum Gasteiger partial charge on any atom is 0.255 e. The highest BCUT2D eigenvalue weighted by Crippen LogP contribution is 2.18. The summed E-state index contributed by atoms with van der Waals surface area (Å²) < 4.78 is 0. The van der Waals surface area contributed by atoms with E-state index in [0.717, 1.165) is 44.1 Å². The number of piperazine rings is 1. The van der Waals surface area contributed by atoms with E-state index in [-0.39, 0.29) is 5.91 Å². The van der Waals surface area contributed by atoms with Gasteiger partial charge in [-0.05, 0) is 37.2 Å². The Labute approximate surface area is 143 Å². The van der Waals surface area contributed by atoms with Crippen LogP contribution < -0.4 is 5.32 Å². The van der Waals surface area contributed by atoms with Crippen molar-refractivity contribution in [3.63, 3.8) is 0 Å². The van der Waals surface area contributed by atoms with Gasteiger partial charge in [-0.25, -0.2) is 0 Å². The van der Waals surface area contributed by atoms with Crippen LogP contribution in [-0.4, -0.2) is 53.4 Å². The molecular formula is C19H24N4O. The Morgan fingerprint density at radius 2 is 1.92 bits per heavy atom. The Kier molecular flexibility index (Phi) is 5.11. The number of hydrogen-bond donors (Lipinski definition) is 1. The van der Waals surface area contributed by atoms with Gasteiger partial charge in [0.25, 0.3) is 5.91 Å². The summed E-state index contributed by atoms with van der Waals surface area (Å²) in [5.74, 6) is 0.0612. The standard InChI is InChI=1S/C19H24N4O/c1-3-22-7-9-23(10-8-22)19(24)16-12-18(14-20-13-16)21-17-6-4-5-15(2)11-17/h4-6,11-14,21H,3,7-10H2,1-2H3. The van der Waals surface area contributed by atoms with Crippen molar-refractivity contribution < 1.29 is 4.79 Å². The Balaban J connectivity index is 1.69. The molecule has 1 fully saturated rings. The molecule has 126 valence electrons. The van der Waals surface area contributed by atoms with Gasteiger partial charge in [0, 0.05) is 38.1 Å². The summed E-state index contributed by atoms with van der Waals surface area (Å²) in [6, 6.07) is 10.0. The van der Waals surface area contributed by atoms with Crippen LogP contribution in [-0.2, 0) is 0 Å². The minimum absolute atomic E-state index is 0.0612. The first-order chi connectivity index (χ1) is 11.7. The lowest BCUT2D eigenvalue weighted by Gasteiger charge is -2.34. The highest BCUT2D eigenvalue weighted by Gasteiger charge is 2.21. The zero-order valence-electron chi connectivity index (χ0n) is 14.3. The number of aromatic nitrogens is 1. The van der Waals surface area contributed by atoms with Gasteiger partial charge in [0.1, 0.15) is 0 Å². The quantitative estimate of drug-likeness (QED) is 0.939. The lowest BCUT2D eigenvalue weighted by molar-refractivity contribution is 0.0643. The van der Waals surface area contributed by atoms with E-state index in [9.17, 15) is 4.79 Å². The van der Waals surface area contributed by atoms with Gasteiger partial charge < -0.3 is 15.1 Å². The van der Waals surface area contributed by atoms with Crippen molar-refractivity contribution in [3.05, 3.63) is 53.9 Å². The zero-order chi connectivity index (χ0) is 16.9. The van der Waals surface area contributed by atoms with Crippen LogP contribution in [0.15, 0.2) is 42.7 Å². The molecule has 0 radical (unpaired) electrons. The molecule has 0 saturated carbocycles. The number of hydrogen-bond acceptors (Lipinski definition) is 4. The highest BCUT2D eigenvalue weighted by atomic mass is 16.2. The summed E-state index contributed by atoms with van der Waals surface area (Å²) in [7, 11) is 0. The topological polar surface area (TPSA) is 48.5 Å². The van der Waals surface area contributed by atoms with E-state index < -0.39 is 0 Å². The molecule has 2 heterocycles. The monoisotopic (exact) mass is 324 g/mol. The maximum atomic E-state index is 12.7. The van der Waals surface area contributed by atoms with E-state index in [4.69, 9.17) is 0 Å². The predicted molar refractivity (Wildman–Crippen MR) is 96.7 cm³/mol. The van der Waals surface area contributed by atoms with Gasteiger partial charge in [0.05, 0.1) is 17.4 Å². The molecule has 1 N–H and O–H groups in total. The third-order valence-corrected chi connectivity index (χ3v) is 4.40. The van der Waals surface area contributed by atoms with E-state index in [0.29, 0.717) is 5.56 Å². The molecule has 5 heteroatoms. The fraction of sp³-hybridized carbons (Fsp3) is 0.368. The second kappa shape index (κ2) is 7.45. The Hall–Kier alpha value is -2.40. The lowest BCUT2D eigenvalue weighted by Crippen LogP contribution is -2.48. The Morgan fingerprint density at radius 1 is 1.12 bits per heavy atom. The van der Waals surface area contributed by atoms with Crippen LogP contribution >= 0.6 is 0 Å². The van der Waals surface area contributed by atoms with E-state index in [1.807, 2.05) is 23.1 Å². The third kappa shape index (κ3) is 3.92. The van der Waals surface area contributed by atoms with Crippen LogP contribution in [0.4, 0.5) is 11.4 Å². The van der Waals surface area contributed by atoms with Gasteiger partial charge >= 0.3 is 0 Å². The normalized spacial score (nSPS) is 15.3. The molecule has 0 unspecified atom stereocenters. The molecule has 1 aliphatic heterocycles. The molecule has 1 aromatic heterocycles. The molecule has 0 atom stereocenters. The van der Waals surface area contributed by atoms with Crippen LogP contribution in [0.1, 0.15) is 22.8 Å². The Bertz CT molecular complexity index is 708. The average Bonchev–Trinajstić information content (AvgIpc) is 2.61.